The Morgan fingerprint density at radius 1 is 0.903 bits per heavy atom. The Kier molecular flexibility index (Phi) is 7.26. The topological polar surface area (TPSA) is 93.4 Å². The number of esters is 1. The fraction of sp³-hybridized carbons (Fsp3) is 0.391. The largest absolute Gasteiger partial charge is 0.459 e. The number of carbonyl (C=O) groups is 1. The Morgan fingerprint density at radius 2 is 1.65 bits per heavy atom. The Labute approximate surface area is 178 Å². The number of hydrogen-bond donors (Lipinski definition) is 0. The van der Waals surface area contributed by atoms with Crippen LogP contribution >= 0.6 is 0 Å². The second kappa shape index (κ2) is 10.5. The highest BCUT2D eigenvalue weighted by molar-refractivity contribution is 6.07. The zero-order valence-electron chi connectivity index (χ0n) is 17.0. The van der Waals surface area contributed by atoms with E-state index in [1.54, 1.807) is 6.07 Å². The number of fused-ring (bicyclic) bond motifs is 3. The van der Waals surface area contributed by atoms with Crippen molar-refractivity contribution >= 4 is 27.7 Å². The van der Waals surface area contributed by atoms with Gasteiger partial charge in [-0.1, -0.05) is 30.3 Å². The van der Waals surface area contributed by atoms with Crippen molar-refractivity contribution in [1.29, 1.82) is 0 Å². The Bertz CT molecular complexity index is 1080. The van der Waals surface area contributed by atoms with E-state index in [0.29, 0.717) is 50.6 Å². The van der Waals surface area contributed by atoms with Crippen LogP contribution in [-0.4, -0.2) is 64.9 Å². The molecular formula is C23H24O8. The quantitative estimate of drug-likeness (QED) is 0.357. The van der Waals surface area contributed by atoms with Crippen LogP contribution in [0.15, 0.2) is 51.7 Å². The van der Waals surface area contributed by atoms with Crippen LogP contribution in [0.5, 0.6) is 0 Å². The lowest BCUT2D eigenvalue weighted by Gasteiger charge is -2.19. The first kappa shape index (κ1) is 21.5. The molecule has 1 saturated heterocycles. The van der Waals surface area contributed by atoms with Crippen LogP contribution in [-0.2, 0) is 23.7 Å². The molecule has 0 N–H and O–H groups in total. The first-order valence-electron chi connectivity index (χ1n) is 10.2. The highest BCUT2D eigenvalue weighted by Crippen LogP contribution is 2.25. The van der Waals surface area contributed by atoms with E-state index >= 15 is 0 Å². The third-order valence-electron chi connectivity index (χ3n) is 4.89. The van der Waals surface area contributed by atoms with Crippen LogP contribution < -0.4 is 5.63 Å². The van der Waals surface area contributed by atoms with Crippen molar-refractivity contribution in [2.45, 2.75) is 6.10 Å². The molecule has 3 aromatic rings. The monoisotopic (exact) mass is 428 g/mol. The van der Waals surface area contributed by atoms with Gasteiger partial charge in [-0.05, 0) is 22.9 Å². The van der Waals surface area contributed by atoms with Gasteiger partial charge < -0.3 is 28.1 Å². The van der Waals surface area contributed by atoms with E-state index in [9.17, 15) is 9.59 Å². The zero-order chi connectivity index (χ0) is 21.5. The summed E-state index contributed by atoms with van der Waals surface area (Å²) in [6.45, 7) is 2.73. The third-order valence-corrected chi connectivity index (χ3v) is 4.89. The Hall–Kier alpha value is -2.78. The molecule has 0 bridgehead atoms. The van der Waals surface area contributed by atoms with Gasteiger partial charge in [-0.3, -0.25) is 0 Å². The van der Waals surface area contributed by atoms with Crippen LogP contribution in [0.2, 0.25) is 0 Å². The summed E-state index contributed by atoms with van der Waals surface area (Å²) in [6.07, 6.45) is -0.486. The lowest BCUT2D eigenvalue weighted by atomic mass is 10.0. The van der Waals surface area contributed by atoms with E-state index < -0.39 is 17.7 Å². The molecule has 1 fully saturated rings. The van der Waals surface area contributed by atoms with Gasteiger partial charge in [-0.25, -0.2) is 9.59 Å². The molecule has 8 nitrogen and oxygen atoms in total. The molecule has 0 amide bonds. The molecule has 2 aromatic carbocycles. The second-order valence-electron chi connectivity index (χ2n) is 7.04. The van der Waals surface area contributed by atoms with E-state index in [1.165, 1.54) is 6.07 Å². The van der Waals surface area contributed by atoms with Crippen molar-refractivity contribution in [1.82, 2.24) is 0 Å². The smallest absolute Gasteiger partial charge is 0.351 e. The maximum atomic E-state index is 12.6. The minimum absolute atomic E-state index is 0.0628. The highest BCUT2D eigenvalue weighted by Gasteiger charge is 2.19. The molecule has 1 atom stereocenters. The number of hydrogen-bond acceptors (Lipinski definition) is 8. The van der Waals surface area contributed by atoms with Crippen molar-refractivity contribution in [2.75, 3.05) is 52.9 Å². The molecule has 1 aliphatic heterocycles. The highest BCUT2D eigenvalue weighted by atomic mass is 16.6. The minimum atomic E-state index is -0.766. The van der Waals surface area contributed by atoms with E-state index in [4.69, 9.17) is 28.1 Å². The maximum Gasteiger partial charge on any atom is 0.351 e. The van der Waals surface area contributed by atoms with Crippen LogP contribution in [0.4, 0.5) is 0 Å². The van der Waals surface area contributed by atoms with Crippen molar-refractivity contribution in [2.24, 2.45) is 0 Å². The maximum absolute atomic E-state index is 12.6. The number of ether oxygens (including phenoxy) is 5. The summed E-state index contributed by atoms with van der Waals surface area (Å²) in [5, 5.41) is 2.54. The summed E-state index contributed by atoms with van der Waals surface area (Å²) < 4.78 is 32.7. The average Bonchev–Trinajstić information content (AvgIpc) is 2.78. The van der Waals surface area contributed by atoms with E-state index in [1.807, 2.05) is 30.3 Å². The van der Waals surface area contributed by atoms with Gasteiger partial charge in [0, 0.05) is 5.39 Å². The van der Waals surface area contributed by atoms with Crippen molar-refractivity contribution in [3.8, 4) is 0 Å². The van der Waals surface area contributed by atoms with E-state index in [0.717, 1.165) is 10.8 Å². The van der Waals surface area contributed by atoms with Crippen molar-refractivity contribution < 1.29 is 32.9 Å². The first-order valence-corrected chi connectivity index (χ1v) is 10.2. The van der Waals surface area contributed by atoms with Crippen LogP contribution in [0.1, 0.15) is 10.4 Å². The molecule has 31 heavy (non-hydrogen) atoms. The van der Waals surface area contributed by atoms with Gasteiger partial charge in [0.25, 0.3) is 0 Å². The van der Waals surface area contributed by atoms with Gasteiger partial charge in [0.1, 0.15) is 23.9 Å². The number of rotatable bonds is 3. The molecule has 0 radical (unpaired) electrons. The molecule has 8 heteroatoms. The lowest BCUT2D eigenvalue weighted by molar-refractivity contribution is -0.0831. The summed E-state index contributed by atoms with van der Waals surface area (Å²) in [4.78, 5) is 25.0. The minimum Gasteiger partial charge on any atom is -0.459 e. The van der Waals surface area contributed by atoms with E-state index in [-0.39, 0.29) is 18.8 Å². The zero-order valence-corrected chi connectivity index (χ0v) is 17.0. The Morgan fingerprint density at radius 3 is 2.48 bits per heavy atom. The molecular weight excluding hydrogens is 404 g/mol. The van der Waals surface area contributed by atoms with Gasteiger partial charge in [0.05, 0.1) is 46.2 Å². The summed E-state index contributed by atoms with van der Waals surface area (Å²) >= 11 is 0. The summed E-state index contributed by atoms with van der Waals surface area (Å²) in [7, 11) is 0. The third kappa shape index (κ3) is 5.48. The molecule has 4 rings (SSSR count). The second-order valence-corrected chi connectivity index (χ2v) is 7.04. The van der Waals surface area contributed by atoms with Crippen molar-refractivity contribution in [3.05, 3.63) is 58.4 Å². The molecule has 164 valence electrons. The molecule has 1 unspecified atom stereocenters. The predicted molar refractivity (Wildman–Crippen MR) is 112 cm³/mol. The normalized spacial score (nSPS) is 18.9. The predicted octanol–water partition coefficient (Wildman–Crippen LogP) is 2.55. The summed E-state index contributed by atoms with van der Waals surface area (Å²) in [5.74, 6) is -0.766. The van der Waals surface area contributed by atoms with Gasteiger partial charge in [0.2, 0.25) is 0 Å². The Balaban J connectivity index is 1.47. The first-order chi connectivity index (χ1) is 15.2. The van der Waals surface area contributed by atoms with Crippen LogP contribution in [0.3, 0.4) is 0 Å². The van der Waals surface area contributed by atoms with E-state index in [2.05, 4.69) is 0 Å². The van der Waals surface area contributed by atoms with Crippen LogP contribution in [0.25, 0.3) is 21.7 Å². The van der Waals surface area contributed by atoms with Gasteiger partial charge >= 0.3 is 11.6 Å². The summed E-state index contributed by atoms with van der Waals surface area (Å²) in [6, 6.07) is 12.8. The van der Waals surface area contributed by atoms with Crippen molar-refractivity contribution in [3.63, 3.8) is 0 Å². The number of carbonyl (C=O) groups excluding carboxylic acids is 1. The fourth-order valence-electron chi connectivity index (χ4n) is 3.33. The molecule has 0 spiro atoms. The molecule has 2 heterocycles. The van der Waals surface area contributed by atoms with Crippen LogP contribution in [0, 0.1) is 0 Å². The average molecular weight is 428 g/mol. The molecule has 0 saturated carbocycles. The van der Waals surface area contributed by atoms with Gasteiger partial charge in [-0.2, -0.15) is 0 Å². The molecule has 1 aliphatic rings. The fourth-order valence-corrected chi connectivity index (χ4v) is 3.33. The standard InChI is InChI=1S/C23H24O8/c24-22(30-15-17-14-28-10-9-26-7-8-27-11-12-29-17)20-13-19-18-4-2-1-3-16(18)5-6-21(19)31-23(20)25/h1-6,13,17H,7-12,14-15H2. The lowest BCUT2D eigenvalue weighted by Crippen LogP contribution is -2.30. The van der Waals surface area contributed by atoms with Gasteiger partial charge in [0.15, 0.2) is 0 Å². The molecule has 0 aliphatic carbocycles. The van der Waals surface area contributed by atoms with Gasteiger partial charge in [-0.15, -0.1) is 0 Å². The summed E-state index contributed by atoms with van der Waals surface area (Å²) in [5.41, 5.74) is -0.484. The molecule has 1 aromatic heterocycles. The SMILES string of the molecule is O=C(OCC1COCCOCCOCCO1)c1cc2c(ccc3ccccc32)oc1=O. The number of benzene rings is 2.